The van der Waals surface area contributed by atoms with Gasteiger partial charge in [-0.2, -0.15) is 0 Å². The first kappa shape index (κ1) is 34.2. The lowest BCUT2D eigenvalue weighted by atomic mass is 9.33. The molecule has 248 valence electrons. The quantitative estimate of drug-likeness (QED) is 0.253. The Balaban J connectivity index is 1.74. The van der Waals surface area contributed by atoms with Crippen molar-refractivity contribution in [1.82, 2.24) is 0 Å². The standard InChI is InChI=1S/C40H72O2Si/c1-26(2)33(41)40-22-20-35(7,8)25-28(40)32-29(42-43(14,15)34(4,5)6)24-31-37(11)18-16-27(3)36(9,10)30(37)17-19-38(31,12)39(32,13)21-23-40/h24,26-30,32-33,41H,16-23,25H2,1-15H3/t27-,28-,29+,30-,32-,33?,37-,38+,39+,40-/m0/s1. The van der Waals surface area contributed by atoms with E-state index in [1.165, 1.54) is 57.8 Å². The van der Waals surface area contributed by atoms with Crippen molar-refractivity contribution in [3.05, 3.63) is 11.6 Å². The molecule has 4 fully saturated rings. The number of aliphatic hydroxyl groups excluding tert-OH is 1. The molecule has 4 saturated carbocycles. The van der Waals surface area contributed by atoms with Gasteiger partial charge in [0.15, 0.2) is 8.32 Å². The Morgan fingerprint density at radius 3 is 2.07 bits per heavy atom. The molecule has 5 aliphatic rings. The number of allylic oxidation sites excluding steroid dienone is 1. The summed E-state index contributed by atoms with van der Waals surface area (Å²) in [6.45, 7) is 37.6. The molecule has 0 aromatic rings. The van der Waals surface area contributed by atoms with Crippen LogP contribution in [0.15, 0.2) is 11.6 Å². The topological polar surface area (TPSA) is 29.5 Å². The summed E-state index contributed by atoms with van der Waals surface area (Å²) in [5.74, 6) is 2.74. The van der Waals surface area contributed by atoms with Crippen molar-refractivity contribution in [3.8, 4) is 0 Å². The van der Waals surface area contributed by atoms with Crippen LogP contribution in [0.3, 0.4) is 0 Å². The minimum absolute atomic E-state index is 0.00791. The van der Waals surface area contributed by atoms with Gasteiger partial charge >= 0.3 is 0 Å². The third-order valence-electron chi connectivity index (χ3n) is 16.6. The minimum Gasteiger partial charge on any atom is -0.410 e. The SMILES string of the molecule is CC(C)C(O)[C@]12CCC(C)(C)C[C@H]1[C@H]1[C@H](O[Si](C)(C)C(C)(C)C)C=C3[C@@]4(C)CC[C@H](C)C(C)(C)[C@@H]4CC[C@@]3(C)[C@]1(C)CC2. The van der Waals surface area contributed by atoms with Gasteiger partial charge in [-0.1, -0.05) is 102 Å². The molecular weight excluding hydrogens is 541 g/mol. The molecule has 43 heavy (non-hydrogen) atoms. The van der Waals surface area contributed by atoms with Crippen molar-refractivity contribution in [3.63, 3.8) is 0 Å². The molecule has 10 atom stereocenters. The van der Waals surface area contributed by atoms with Crippen LogP contribution in [0.2, 0.25) is 18.1 Å². The Hall–Kier alpha value is -0.123. The number of hydrogen-bond acceptors (Lipinski definition) is 2. The highest BCUT2D eigenvalue weighted by Gasteiger charge is 2.70. The maximum atomic E-state index is 12.2. The van der Waals surface area contributed by atoms with Crippen LogP contribution < -0.4 is 0 Å². The predicted molar refractivity (Wildman–Crippen MR) is 187 cm³/mol. The molecule has 1 unspecified atom stereocenters. The fourth-order valence-electron chi connectivity index (χ4n) is 12.3. The van der Waals surface area contributed by atoms with Gasteiger partial charge in [0.1, 0.15) is 0 Å². The van der Waals surface area contributed by atoms with E-state index in [0.29, 0.717) is 28.6 Å². The molecular formula is C40H72O2Si. The molecule has 5 aliphatic carbocycles. The zero-order chi connectivity index (χ0) is 32.4. The Morgan fingerprint density at radius 2 is 1.49 bits per heavy atom. The summed E-state index contributed by atoms with van der Waals surface area (Å²) >= 11 is 0. The monoisotopic (exact) mass is 613 g/mol. The average Bonchev–Trinajstić information content (AvgIpc) is 2.86. The van der Waals surface area contributed by atoms with Gasteiger partial charge in [0.2, 0.25) is 0 Å². The van der Waals surface area contributed by atoms with E-state index in [4.69, 9.17) is 4.43 Å². The molecule has 0 aromatic carbocycles. The molecule has 3 heteroatoms. The molecule has 2 nitrogen and oxygen atoms in total. The number of hydrogen-bond donors (Lipinski definition) is 1. The molecule has 0 saturated heterocycles. The third-order valence-corrected chi connectivity index (χ3v) is 21.1. The zero-order valence-electron chi connectivity index (χ0n) is 31.3. The summed E-state index contributed by atoms with van der Waals surface area (Å²) in [5.41, 5.74) is 3.05. The van der Waals surface area contributed by atoms with Crippen molar-refractivity contribution in [2.45, 2.75) is 178 Å². The number of aliphatic hydroxyl groups is 1. The lowest BCUT2D eigenvalue weighted by Gasteiger charge is -2.73. The van der Waals surface area contributed by atoms with Crippen LogP contribution in [0.1, 0.15) is 148 Å². The molecule has 0 radical (unpaired) electrons. The van der Waals surface area contributed by atoms with Gasteiger partial charge in [-0.3, -0.25) is 0 Å². The largest absolute Gasteiger partial charge is 0.410 e. The Labute approximate surface area is 269 Å². The first-order valence-corrected chi connectivity index (χ1v) is 21.4. The van der Waals surface area contributed by atoms with Crippen LogP contribution in [0.4, 0.5) is 0 Å². The van der Waals surface area contributed by atoms with Crippen LogP contribution >= 0.6 is 0 Å². The summed E-state index contributed by atoms with van der Waals surface area (Å²) in [7, 11) is -2.06. The van der Waals surface area contributed by atoms with Gasteiger partial charge in [-0.25, -0.2) is 0 Å². The molecule has 0 heterocycles. The van der Waals surface area contributed by atoms with Crippen LogP contribution in [-0.4, -0.2) is 25.6 Å². The summed E-state index contributed by atoms with van der Waals surface area (Å²) < 4.78 is 7.75. The van der Waals surface area contributed by atoms with Crippen molar-refractivity contribution in [2.24, 2.45) is 62.1 Å². The van der Waals surface area contributed by atoms with E-state index in [1.54, 1.807) is 5.57 Å². The second kappa shape index (κ2) is 10.2. The van der Waals surface area contributed by atoms with Gasteiger partial charge in [-0.15, -0.1) is 0 Å². The second-order valence-corrected chi connectivity index (χ2v) is 25.6. The van der Waals surface area contributed by atoms with Crippen LogP contribution in [0.25, 0.3) is 0 Å². The van der Waals surface area contributed by atoms with Gasteiger partial charge in [-0.05, 0) is 138 Å². The molecule has 0 aliphatic heterocycles. The summed E-state index contributed by atoms with van der Waals surface area (Å²) in [6.07, 6.45) is 14.1. The molecule has 0 aromatic heterocycles. The lowest BCUT2D eigenvalue weighted by Crippen LogP contribution is -2.68. The van der Waals surface area contributed by atoms with Crippen molar-refractivity contribution in [1.29, 1.82) is 0 Å². The van der Waals surface area contributed by atoms with E-state index in [1.807, 2.05) is 0 Å². The zero-order valence-corrected chi connectivity index (χ0v) is 32.3. The first-order chi connectivity index (χ1) is 19.4. The predicted octanol–water partition coefficient (Wildman–Crippen LogP) is 11.4. The second-order valence-electron chi connectivity index (χ2n) is 20.9. The number of rotatable bonds is 4. The van der Waals surface area contributed by atoms with Crippen molar-refractivity contribution in [2.75, 3.05) is 0 Å². The first-order valence-electron chi connectivity index (χ1n) is 18.5. The van der Waals surface area contributed by atoms with Gasteiger partial charge < -0.3 is 9.53 Å². The average molecular weight is 613 g/mol. The van der Waals surface area contributed by atoms with Gasteiger partial charge in [0.25, 0.3) is 0 Å². The molecule has 0 bridgehead atoms. The maximum absolute atomic E-state index is 12.2. The Bertz CT molecular complexity index is 1110. The lowest BCUT2D eigenvalue weighted by molar-refractivity contribution is -0.219. The molecule has 1 N–H and O–H groups in total. The Kier molecular flexibility index (Phi) is 8.11. The summed E-state index contributed by atoms with van der Waals surface area (Å²) in [4.78, 5) is 0. The van der Waals surface area contributed by atoms with Crippen LogP contribution in [0.5, 0.6) is 0 Å². The molecule has 0 amide bonds. The van der Waals surface area contributed by atoms with Crippen molar-refractivity contribution < 1.29 is 9.53 Å². The summed E-state index contributed by atoms with van der Waals surface area (Å²) in [5, 5.41) is 12.3. The van der Waals surface area contributed by atoms with E-state index >= 15 is 0 Å². The van der Waals surface area contributed by atoms with Crippen LogP contribution in [0, 0.1) is 62.1 Å². The van der Waals surface area contributed by atoms with E-state index in [9.17, 15) is 5.11 Å². The molecule has 5 rings (SSSR count). The fourth-order valence-corrected chi connectivity index (χ4v) is 13.5. The maximum Gasteiger partial charge on any atom is 0.192 e. The molecule has 0 spiro atoms. The highest BCUT2D eigenvalue weighted by atomic mass is 28.4. The van der Waals surface area contributed by atoms with E-state index in [-0.39, 0.29) is 38.9 Å². The normalized spacial score (nSPS) is 46.6. The van der Waals surface area contributed by atoms with Gasteiger partial charge in [0.05, 0.1) is 12.2 Å². The highest BCUT2D eigenvalue weighted by Crippen LogP contribution is 2.76. The highest BCUT2D eigenvalue weighted by molar-refractivity contribution is 6.74. The smallest absolute Gasteiger partial charge is 0.192 e. The van der Waals surface area contributed by atoms with Crippen molar-refractivity contribution >= 4 is 8.32 Å². The Morgan fingerprint density at radius 1 is 0.884 bits per heavy atom. The van der Waals surface area contributed by atoms with E-state index in [2.05, 4.69) is 109 Å². The van der Waals surface area contributed by atoms with Crippen LogP contribution in [-0.2, 0) is 4.43 Å². The number of fused-ring (bicyclic) bond motifs is 7. The van der Waals surface area contributed by atoms with E-state index in [0.717, 1.165) is 11.8 Å². The van der Waals surface area contributed by atoms with Gasteiger partial charge in [0, 0.05) is 0 Å². The summed E-state index contributed by atoms with van der Waals surface area (Å²) in [6, 6.07) is 0. The fraction of sp³-hybridized carbons (Fsp3) is 0.950. The minimum atomic E-state index is -2.06. The van der Waals surface area contributed by atoms with E-state index < -0.39 is 8.32 Å². The third kappa shape index (κ3) is 4.79.